The highest BCUT2D eigenvalue weighted by Gasteiger charge is 2.38. The van der Waals surface area contributed by atoms with Crippen LogP contribution in [0.4, 0.5) is 13.2 Å². The molecule has 4 aromatic rings. The van der Waals surface area contributed by atoms with Gasteiger partial charge in [-0.05, 0) is 30.5 Å². The van der Waals surface area contributed by atoms with Gasteiger partial charge in [0.15, 0.2) is 0 Å². The van der Waals surface area contributed by atoms with Gasteiger partial charge in [0.1, 0.15) is 11.3 Å². The molecule has 1 aliphatic heterocycles. The number of carbonyl (C=O) groups is 2. The van der Waals surface area contributed by atoms with E-state index in [0.717, 1.165) is 48.1 Å². The number of aliphatic carboxylic acids is 1. The molecule has 34 heavy (non-hydrogen) atoms. The van der Waals surface area contributed by atoms with Crippen LogP contribution in [0, 0.1) is 6.92 Å². The summed E-state index contributed by atoms with van der Waals surface area (Å²) in [6.45, 7) is 6.13. The number of amides is 1. The van der Waals surface area contributed by atoms with Gasteiger partial charge in [-0.25, -0.2) is 9.78 Å². The van der Waals surface area contributed by atoms with Gasteiger partial charge in [0, 0.05) is 43.9 Å². The number of carboxylic acids is 1. The van der Waals surface area contributed by atoms with E-state index in [1.165, 1.54) is 16.6 Å². The van der Waals surface area contributed by atoms with Crippen molar-refractivity contribution < 1.29 is 27.9 Å². The molecule has 0 unspecified atom stereocenters. The number of nitrogens with one attached hydrogen (secondary N) is 2. The minimum Gasteiger partial charge on any atom is -0.475 e. The summed E-state index contributed by atoms with van der Waals surface area (Å²) < 4.78 is 32.8. The number of aromatic nitrogens is 3. The molecule has 0 saturated carbocycles. The third kappa shape index (κ3) is 5.39. The zero-order valence-corrected chi connectivity index (χ0v) is 19.0. The fourth-order valence-electron chi connectivity index (χ4n) is 3.78. The van der Waals surface area contributed by atoms with Crippen LogP contribution in [0.1, 0.15) is 21.2 Å². The van der Waals surface area contributed by atoms with Gasteiger partial charge < -0.3 is 20.0 Å². The maximum Gasteiger partial charge on any atom is 0.490 e. The number of piperazine rings is 1. The summed E-state index contributed by atoms with van der Waals surface area (Å²) in [7, 11) is 0. The highest BCUT2D eigenvalue weighted by atomic mass is 32.1. The molecule has 0 bridgehead atoms. The standard InChI is InChI=1S/C20H21N5OS.C2HF3O2/c1-13-21-19-18(27-13)11-17(23-19)20(26)25-8-6-24(7-9-25)12-15-10-14-4-2-3-5-16(14)22-15;3-2(4,5)1(6)7/h2-5,10-11,22-23H,6-9,12H2,1H3;(H,6,7). The van der Waals surface area contributed by atoms with Crippen LogP contribution in [-0.2, 0) is 11.3 Å². The third-order valence-corrected chi connectivity index (χ3v) is 6.32. The molecule has 0 aliphatic carbocycles. The van der Waals surface area contributed by atoms with E-state index in [9.17, 15) is 18.0 Å². The molecule has 12 heteroatoms. The van der Waals surface area contributed by atoms with Gasteiger partial charge in [-0.3, -0.25) is 9.69 Å². The van der Waals surface area contributed by atoms with Crippen LogP contribution in [-0.4, -0.2) is 74.1 Å². The Kier molecular flexibility index (Phi) is 6.62. The summed E-state index contributed by atoms with van der Waals surface area (Å²) in [6.07, 6.45) is -5.08. The fourth-order valence-corrected chi connectivity index (χ4v) is 4.60. The molecule has 180 valence electrons. The number of hydrogen-bond donors (Lipinski definition) is 3. The first kappa shape index (κ1) is 23.8. The zero-order valence-electron chi connectivity index (χ0n) is 18.1. The average Bonchev–Trinajstić information content (AvgIpc) is 3.45. The van der Waals surface area contributed by atoms with Crippen LogP contribution in [0.25, 0.3) is 21.3 Å². The molecular formula is C22H22F3N5O3S. The van der Waals surface area contributed by atoms with Crippen molar-refractivity contribution in [2.75, 3.05) is 26.2 Å². The van der Waals surface area contributed by atoms with Crippen molar-refractivity contribution >= 4 is 44.5 Å². The molecule has 0 radical (unpaired) electrons. The highest BCUT2D eigenvalue weighted by molar-refractivity contribution is 7.18. The number of para-hydroxylation sites is 1. The highest BCUT2D eigenvalue weighted by Crippen LogP contribution is 2.23. The maximum atomic E-state index is 12.8. The smallest absolute Gasteiger partial charge is 0.475 e. The number of aryl methyl sites for hydroxylation is 1. The van der Waals surface area contributed by atoms with Crippen LogP contribution >= 0.6 is 11.3 Å². The number of H-pyrrole nitrogens is 2. The molecule has 8 nitrogen and oxygen atoms in total. The summed E-state index contributed by atoms with van der Waals surface area (Å²) in [5.41, 5.74) is 3.87. The summed E-state index contributed by atoms with van der Waals surface area (Å²) in [5, 5.41) is 9.39. The summed E-state index contributed by atoms with van der Waals surface area (Å²) in [6, 6.07) is 12.5. The van der Waals surface area contributed by atoms with Gasteiger partial charge in [0.2, 0.25) is 0 Å². The largest absolute Gasteiger partial charge is 0.490 e. The van der Waals surface area contributed by atoms with Crippen molar-refractivity contribution in [3.63, 3.8) is 0 Å². The van der Waals surface area contributed by atoms with Crippen LogP contribution in [0.15, 0.2) is 36.4 Å². The number of carboxylic acid groups (broad SMARTS) is 1. The minimum absolute atomic E-state index is 0.0723. The molecule has 5 rings (SSSR count). The molecule has 3 N–H and O–H groups in total. The molecule has 0 spiro atoms. The summed E-state index contributed by atoms with van der Waals surface area (Å²) >= 11 is 1.62. The molecule has 1 fully saturated rings. The van der Waals surface area contributed by atoms with Crippen LogP contribution in [0.3, 0.4) is 0 Å². The second-order valence-electron chi connectivity index (χ2n) is 7.88. The summed E-state index contributed by atoms with van der Waals surface area (Å²) in [4.78, 5) is 37.1. The zero-order chi connectivity index (χ0) is 24.5. The number of alkyl halides is 3. The predicted molar refractivity (Wildman–Crippen MR) is 122 cm³/mol. The topological polar surface area (TPSA) is 105 Å². The first-order valence-electron chi connectivity index (χ1n) is 10.4. The van der Waals surface area contributed by atoms with E-state index in [0.29, 0.717) is 5.69 Å². The lowest BCUT2D eigenvalue weighted by atomic mass is 10.2. The lowest BCUT2D eigenvalue weighted by molar-refractivity contribution is -0.192. The summed E-state index contributed by atoms with van der Waals surface area (Å²) in [5.74, 6) is -2.68. The lowest BCUT2D eigenvalue weighted by Gasteiger charge is -2.34. The molecule has 1 aliphatic rings. The van der Waals surface area contributed by atoms with Gasteiger partial charge in [0.05, 0.1) is 9.71 Å². The molecule has 0 atom stereocenters. The van der Waals surface area contributed by atoms with Gasteiger partial charge in [0.25, 0.3) is 5.91 Å². The van der Waals surface area contributed by atoms with Crippen molar-refractivity contribution in [1.29, 1.82) is 0 Å². The van der Waals surface area contributed by atoms with Gasteiger partial charge in [-0.15, -0.1) is 11.3 Å². The molecule has 4 heterocycles. The quantitative estimate of drug-likeness (QED) is 0.400. The van der Waals surface area contributed by atoms with E-state index >= 15 is 0 Å². The Balaban J connectivity index is 0.000000344. The van der Waals surface area contributed by atoms with E-state index < -0.39 is 12.1 Å². The number of rotatable bonds is 3. The normalized spacial score (nSPS) is 14.9. The van der Waals surface area contributed by atoms with Crippen molar-refractivity contribution in [3.8, 4) is 0 Å². The van der Waals surface area contributed by atoms with Crippen molar-refractivity contribution in [3.05, 3.63) is 52.8 Å². The molecule has 3 aromatic heterocycles. The van der Waals surface area contributed by atoms with Gasteiger partial charge in [-0.1, -0.05) is 18.2 Å². The fraction of sp³-hybridized carbons (Fsp3) is 0.318. The number of fused-ring (bicyclic) bond motifs is 2. The number of halogens is 3. The van der Waals surface area contributed by atoms with Crippen molar-refractivity contribution in [1.82, 2.24) is 24.8 Å². The lowest BCUT2D eigenvalue weighted by Crippen LogP contribution is -2.48. The Morgan fingerprint density at radius 1 is 1.12 bits per heavy atom. The van der Waals surface area contributed by atoms with Crippen molar-refractivity contribution in [2.45, 2.75) is 19.6 Å². The Morgan fingerprint density at radius 3 is 2.41 bits per heavy atom. The van der Waals surface area contributed by atoms with Gasteiger partial charge >= 0.3 is 12.1 Å². The predicted octanol–water partition coefficient (Wildman–Crippen LogP) is 4.01. The van der Waals surface area contributed by atoms with Crippen molar-refractivity contribution in [2.24, 2.45) is 0 Å². The minimum atomic E-state index is -5.08. The monoisotopic (exact) mass is 493 g/mol. The number of hydrogen-bond acceptors (Lipinski definition) is 5. The van der Waals surface area contributed by atoms with E-state index in [1.807, 2.05) is 17.9 Å². The first-order valence-corrected chi connectivity index (χ1v) is 11.3. The molecule has 1 amide bonds. The Bertz CT molecular complexity index is 1250. The van der Waals surface area contributed by atoms with E-state index in [-0.39, 0.29) is 5.91 Å². The van der Waals surface area contributed by atoms with Crippen LogP contribution in [0.5, 0.6) is 0 Å². The average molecular weight is 494 g/mol. The number of thiazole rings is 1. The van der Waals surface area contributed by atoms with E-state index in [2.05, 4.69) is 50.2 Å². The molecule has 1 saturated heterocycles. The second-order valence-corrected chi connectivity index (χ2v) is 9.12. The Labute approximate surface area is 196 Å². The Hall–Kier alpha value is -3.38. The van der Waals surface area contributed by atoms with E-state index in [1.54, 1.807) is 11.3 Å². The number of nitrogens with zero attached hydrogens (tertiary/aromatic N) is 3. The third-order valence-electron chi connectivity index (χ3n) is 5.40. The number of benzene rings is 1. The number of carbonyl (C=O) groups excluding carboxylic acids is 1. The van der Waals surface area contributed by atoms with Crippen LogP contribution < -0.4 is 0 Å². The number of aromatic amines is 2. The maximum absolute atomic E-state index is 12.8. The molecule has 1 aromatic carbocycles. The Morgan fingerprint density at radius 2 is 1.79 bits per heavy atom. The first-order chi connectivity index (χ1) is 16.1. The SMILES string of the molecule is Cc1nc2[nH]c(C(=O)N3CCN(Cc4cc5ccccc5[nH]4)CC3)cc2s1.O=C(O)C(F)(F)F. The molecular weight excluding hydrogens is 471 g/mol. The van der Waals surface area contributed by atoms with E-state index in [4.69, 9.17) is 9.90 Å². The van der Waals surface area contributed by atoms with Crippen LogP contribution in [0.2, 0.25) is 0 Å². The second kappa shape index (κ2) is 9.47. The van der Waals surface area contributed by atoms with Gasteiger partial charge in [-0.2, -0.15) is 13.2 Å².